The zero-order valence-electron chi connectivity index (χ0n) is 16.7. The summed E-state index contributed by atoms with van der Waals surface area (Å²) in [5.41, 5.74) is 6.28. The molecule has 1 aromatic carbocycles. The maximum absolute atomic E-state index is 13.9. The van der Waals surface area contributed by atoms with E-state index in [2.05, 4.69) is 0 Å². The van der Waals surface area contributed by atoms with Crippen LogP contribution >= 0.6 is 22.9 Å². The number of thiazole rings is 1. The number of carbonyl (C=O) groups excluding carboxylic acids is 3. The number of Topliss-reactive ketones (excluding diaryl/α,β-unsaturated/α-hetero) is 1. The molecule has 2 N–H and O–H groups in total. The molecule has 2 amide bonds. The van der Waals surface area contributed by atoms with Crippen molar-refractivity contribution >= 4 is 50.8 Å². The SMILES string of the molecule is NC(=O)c1ccc2c(c1)sc(=O)n2[C@H](C(=O)N1C[C@H](Cl)[C@H]2OCC(=O)[C@H]21)C1CCCC1. The Kier molecular flexibility index (Phi) is 5.15. The van der Waals surface area contributed by atoms with Gasteiger partial charge in [-0.2, -0.15) is 0 Å². The first-order valence-electron chi connectivity index (χ1n) is 10.4. The van der Waals surface area contributed by atoms with Gasteiger partial charge in [0.2, 0.25) is 11.8 Å². The number of ether oxygens (including phenoxy) is 1. The van der Waals surface area contributed by atoms with E-state index in [1.807, 2.05) is 0 Å². The van der Waals surface area contributed by atoms with Crippen molar-refractivity contribution in [2.24, 2.45) is 11.7 Å². The van der Waals surface area contributed by atoms with E-state index >= 15 is 0 Å². The highest BCUT2D eigenvalue weighted by molar-refractivity contribution is 7.16. The maximum atomic E-state index is 13.9. The van der Waals surface area contributed by atoms with Crippen LogP contribution in [0.1, 0.15) is 42.1 Å². The van der Waals surface area contributed by atoms with Crippen molar-refractivity contribution in [2.75, 3.05) is 13.2 Å². The van der Waals surface area contributed by atoms with E-state index in [1.165, 1.54) is 4.90 Å². The molecule has 164 valence electrons. The second-order valence-corrected chi connectivity index (χ2v) is 10.0. The van der Waals surface area contributed by atoms with Crippen molar-refractivity contribution < 1.29 is 19.1 Å². The largest absolute Gasteiger partial charge is 0.366 e. The summed E-state index contributed by atoms with van der Waals surface area (Å²) in [7, 11) is 0. The number of alkyl halides is 1. The zero-order valence-corrected chi connectivity index (χ0v) is 18.2. The number of nitrogens with zero attached hydrogens (tertiary/aromatic N) is 2. The Morgan fingerprint density at radius 1 is 1.23 bits per heavy atom. The van der Waals surface area contributed by atoms with Crippen LogP contribution in [0.5, 0.6) is 0 Å². The Balaban J connectivity index is 1.60. The second kappa shape index (κ2) is 7.72. The number of nitrogens with two attached hydrogens (primary N) is 1. The molecule has 31 heavy (non-hydrogen) atoms. The summed E-state index contributed by atoms with van der Waals surface area (Å²) in [5.74, 6) is -0.997. The lowest BCUT2D eigenvalue weighted by Gasteiger charge is -2.31. The van der Waals surface area contributed by atoms with Crippen LogP contribution in [0.15, 0.2) is 23.0 Å². The number of likely N-dealkylation sites (tertiary alicyclic amines) is 1. The minimum Gasteiger partial charge on any atom is -0.366 e. The third-order valence-electron chi connectivity index (χ3n) is 6.68. The molecule has 8 nitrogen and oxygen atoms in total. The number of hydrogen-bond acceptors (Lipinski definition) is 6. The fourth-order valence-corrected chi connectivity index (χ4v) is 6.56. The minimum atomic E-state index is -0.723. The first kappa shape index (κ1) is 20.7. The molecule has 3 fully saturated rings. The molecule has 1 aromatic heterocycles. The number of carbonyl (C=O) groups is 3. The first-order valence-corrected chi connectivity index (χ1v) is 11.7. The molecule has 10 heteroatoms. The van der Waals surface area contributed by atoms with Gasteiger partial charge in [0.15, 0.2) is 5.78 Å². The van der Waals surface area contributed by atoms with E-state index in [1.54, 1.807) is 22.8 Å². The number of ketones is 1. The molecule has 0 spiro atoms. The smallest absolute Gasteiger partial charge is 0.308 e. The Morgan fingerprint density at radius 2 is 1.97 bits per heavy atom. The summed E-state index contributed by atoms with van der Waals surface area (Å²) >= 11 is 7.39. The normalized spacial score (nSPS) is 27.2. The number of hydrogen-bond donors (Lipinski definition) is 1. The number of benzene rings is 1. The van der Waals surface area contributed by atoms with Gasteiger partial charge in [-0.25, -0.2) is 0 Å². The van der Waals surface area contributed by atoms with Crippen molar-refractivity contribution in [3.05, 3.63) is 33.4 Å². The molecule has 0 bridgehead atoms. The second-order valence-electron chi connectivity index (χ2n) is 8.47. The van der Waals surface area contributed by atoms with Gasteiger partial charge in [0, 0.05) is 12.1 Å². The number of rotatable bonds is 4. The Labute approximate surface area is 186 Å². The van der Waals surface area contributed by atoms with Gasteiger partial charge in [-0.15, -0.1) is 11.6 Å². The Bertz CT molecular complexity index is 1140. The van der Waals surface area contributed by atoms with Gasteiger partial charge < -0.3 is 15.4 Å². The lowest BCUT2D eigenvalue weighted by atomic mass is 9.95. The predicted molar refractivity (Wildman–Crippen MR) is 115 cm³/mol. The monoisotopic (exact) mass is 463 g/mol. The average Bonchev–Trinajstić information content (AvgIpc) is 3.50. The Hall–Kier alpha value is -2.23. The third kappa shape index (κ3) is 3.30. The molecule has 3 heterocycles. The van der Waals surface area contributed by atoms with Crippen LogP contribution in [0.2, 0.25) is 0 Å². The highest BCUT2D eigenvalue weighted by Gasteiger charge is 2.53. The van der Waals surface area contributed by atoms with E-state index in [4.69, 9.17) is 22.1 Å². The molecular formula is C21H22ClN3O5S. The molecule has 2 saturated heterocycles. The lowest BCUT2D eigenvalue weighted by Crippen LogP contribution is -2.47. The third-order valence-corrected chi connectivity index (χ3v) is 7.99. The van der Waals surface area contributed by atoms with E-state index in [9.17, 15) is 19.2 Å². The number of aromatic nitrogens is 1. The van der Waals surface area contributed by atoms with Gasteiger partial charge >= 0.3 is 4.87 Å². The molecule has 2 aliphatic heterocycles. The van der Waals surface area contributed by atoms with Gasteiger partial charge in [0.25, 0.3) is 0 Å². The van der Waals surface area contributed by atoms with Crippen LogP contribution < -0.4 is 10.6 Å². The zero-order chi connectivity index (χ0) is 21.9. The number of fused-ring (bicyclic) bond motifs is 2. The standard InChI is InChI=1S/C21H22ClN3O5S/c22-12-8-24(17-14(26)9-30-18(12)17)20(28)16(10-3-1-2-4-10)25-13-6-5-11(19(23)27)7-15(13)31-21(25)29/h5-7,10,12,16-18H,1-4,8-9H2,(H2,23,27)/t12-,16-,17+,18+/m0/s1. The summed E-state index contributed by atoms with van der Waals surface area (Å²) in [4.78, 5) is 52.2. The van der Waals surface area contributed by atoms with Crippen LogP contribution in [-0.4, -0.2) is 57.7 Å². The highest BCUT2D eigenvalue weighted by Crippen LogP contribution is 2.40. The predicted octanol–water partition coefficient (Wildman–Crippen LogP) is 1.68. The molecule has 1 aliphatic carbocycles. The lowest BCUT2D eigenvalue weighted by molar-refractivity contribution is -0.140. The van der Waals surface area contributed by atoms with Crippen LogP contribution in [0.25, 0.3) is 10.2 Å². The van der Waals surface area contributed by atoms with Crippen molar-refractivity contribution in [3.63, 3.8) is 0 Å². The molecule has 0 radical (unpaired) electrons. The van der Waals surface area contributed by atoms with E-state index in [0.29, 0.717) is 15.8 Å². The highest BCUT2D eigenvalue weighted by atomic mass is 35.5. The topological polar surface area (TPSA) is 112 Å². The number of amides is 2. The summed E-state index contributed by atoms with van der Waals surface area (Å²) in [6, 6.07) is 3.41. The molecule has 3 aliphatic rings. The summed E-state index contributed by atoms with van der Waals surface area (Å²) in [5, 5.41) is -0.460. The van der Waals surface area contributed by atoms with E-state index in [-0.39, 0.29) is 35.6 Å². The summed E-state index contributed by atoms with van der Waals surface area (Å²) in [6.07, 6.45) is 3.13. The average molecular weight is 464 g/mol. The molecule has 5 rings (SSSR count). The van der Waals surface area contributed by atoms with Crippen molar-refractivity contribution in [3.8, 4) is 0 Å². The van der Waals surface area contributed by atoms with Crippen LogP contribution in [0.4, 0.5) is 0 Å². The van der Waals surface area contributed by atoms with Crippen LogP contribution in [-0.2, 0) is 14.3 Å². The van der Waals surface area contributed by atoms with Crippen molar-refractivity contribution in [2.45, 2.75) is 49.2 Å². The van der Waals surface area contributed by atoms with Gasteiger partial charge in [-0.1, -0.05) is 24.2 Å². The summed E-state index contributed by atoms with van der Waals surface area (Å²) in [6.45, 7) is 0.168. The summed E-state index contributed by atoms with van der Waals surface area (Å²) < 4.78 is 7.67. The van der Waals surface area contributed by atoms with Gasteiger partial charge in [0.1, 0.15) is 24.8 Å². The molecule has 1 saturated carbocycles. The molecule has 0 unspecified atom stereocenters. The fraction of sp³-hybridized carbons (Fsp3) is 0.524. The van der Waals surface area contributed by atoms with E-state index < -0.39 is 29.5 Å². The van der Waals surface area contributed by atoms with E-state index in [0.717, 1.165) is 37.0 Å². The van der Waals surface area contributed by atoms with Crippen molar-refractivity contribution in [1.82, 2.24) is 9.47 Å². The van der Waals surface area contributed by atoms with Crippen LogP contribution in [0, 0.1) is 5.92 Å². The minimum absolute atomic E-state index is 0.0101. The van der Waals surface area contributed by atoms with Crippen molar-refractivity contribution in [1.29, 1.82) is 0 Å². The first-order chi connectivity index (χ1) is 14.9. The Morgan fingerprint density at radius 3 is 2.68 bits per heavy atom. The van der Waals surface area contributed by atoms with Gasteiger partial charge in [0.05, 0.1) is 15.6 Å². The molecule has 2 aromatic rings. The quantitative estimate of drug-likeness (QED) is 0.693. The van der Waals surface area contributed by atoms with Crippen LogP contribution in [0.3, 0.4) is 0 Å². The molecule has 4 atom stereocenters. The fourth-order valence-electron chi connectivity index (χ4n) is 5.24. The molecular weight excluding hydrogens is 442 g/mol. The maximum Gasteiger partial charge on any atom is 0.308 e. The van der Waals surface area contributed by atoms with Gasteiger partial charge in [-0.05, 0) is 37.0 Å². The van der Waals surface area contributed by atoms with Gasteiger partial charge in [-0.3, -0.25) is 23.7 Å². The number of halogens is 1. The number of primary amides is 1.